The van der Waals surface area contributed by atoms with Crippen LogP contribution in [0.25, 0.3) is 98.7 Å². The Labute approximate surface area is 301 Å². The fourth-order valence-corrected chi connectivity index (χ4v) is 8.55. The minimum absolute atomic E-state index is 1.16. The molecule has 0 aliphatic carbocycles. The Morgan fingerprint density at radius 1 is 0.269 bits per heavy atom. The SMILES string of the molecule is c1ccc(-c2ccc3c4ccc(-c5cccc(-n6c7ccccc7c7c8ccn(-c9ccccc9)c8ccc76)c5)cc4c4ccccc4c3c2)cc1. The summed E-state index contributed by atoms with van der Waals surface area (Å²) in [4.78, 5) is 0. The van der Waals surface area contributed by atoms with Crippen molar-refractivity contribution in [2.45, 2.75) is 0 Å². The van der Waals surface area contributed by atoms with Gasteiger partial charge in [-0.15, -0.1) is 0 Å². The smallest absolute Gasteiger partial charge is 0.0548 e. The van der Waals surface area contributed by atoms with Gasteiger partial charge in [0.15, 0.2) is 0 Å². The van der Waals surface area contributed by atoms with Crippen LogP contribution in [0.3, 0.4) is 0 Å². The summed E-state index contributed by atoms with van der Waals surface area (Å²) in [6, 6.07) is 68.7. The summed E-state index contributed by atoms with van der Waals surface area (Å²) in [5, 5.41) is 11.5. The highest BCUT2D eigenvalue weighted by atomic mass is 15.0. The first-order chi connectivity index (χ1) is 25.8. The second kappa shape index (κ2) is 11.3. The predicted octanol–water partition coefficient (Wildman–Crippen LogP) is 13.5. The third-order valence-corrected chi connectivity index (χ3v) is 10.9. The van der Waals surface area contributed by atoms with E-state index >= 15 is 0 Å². The summed E-state index contributed by atoms with van der Waals surface area (Å²) in [6.07, 6.45) is 2.20. The van der Waals surface area contributed by atoms with Crippen molar-refractivity contribution in [2.75, 3.05) is 0 Å². The van der Waals surface area contributed by atoms with Crippen molar-refractivity contribution in [3.05, 3.63) is 194 Å². The van der Waals surface area contributed by atoms with Crippen LogP contribution in [0.2, 0.25) is 0 Å². The molecule has 0 fully saturated rings. The Morgan fingerprint density at radius 3 is 1.52 bits per heavy atom. The average Bonchev–Trinajstić information content (AvgIpc) is 3.81. The quantitative estimate of drug-likeness (QED) is 0.166. The molecule has 2 nitrogen and oxygen atoms in total. The van der Waals surface area contributed by atoms with E-state index in [9.17, 15) is 0 Å². The van der Waals surface area contributed by atoms with Crippen LogP contribution in [-0.2, 0) is 0 Å². The standard InChI is InChI=1S/C50H32N2/c1-3-12-33(13-4-1)35-22-24-41-42-25-23-36(32-46(42)40-19-8-7-18-39(40)45(41)31-35)34-14-11-17-38(30-34)52-48-21-10-9-20-43(48)50-44-28-29-51(37-15-5-2-6-16-37)47(44)26-27-49(50)52/h1-32H. The summed E-state index contributed by atoms with van der Waals surface area (Å²) in [5.74, 6) is 0. The van der Waals surface area contributed by atoms with Crippen molar-refractivity contribution in [3.8, 4) is 33.6 Å². The van der Waals surface area contributed by atoms with Gasteiger partial charge in [0.25, 0.3) is 0 Å². The lowest BCUT2D eigenvalue weighted by Gasteiger charge is -2.14. The molecule has 52 heavy (non-hydrogen) atoms. The molecular formula is C50H32N2. The summed E-state index contributed by atoms with van der Waals surface area (Å²) in [6.45, 7) is 0. The maximum Gasteiger partial charge on any atom is 0.0548 e. The molecule has 2 aromatic heterocycles. The Morgan fingerprint density at radius 2 is 0.788 bits per heavy atom. The molecular weight excluding hydrogens is 629 g/mol. The second-order valence-corrected chi connectivity index (χ2v) is 13.7. The van der Waals surface area contributed by atoms with Gasteiger partial charge in [-0.3, -0.25) is 0 Å². The number of nitrogens with zero attached hydrogens (tertiary/aromatic N) is 2. The zero-order chi connectivity index (χ0) is 34.2. The molecule has 0 aliphatic rings. The van der Waals surface area contributed by atoms with Crippen molar-refractivity contribution in [3.63, 3.8) is 0 Å². The van der Waals surface area contributed by atoms with Crippen LogP contribution < -0.4 is 0 Å². The van der Waals surface area contributed by atoms with Crippen molar-refractivity contribution >= 4 is 65.0 Å². The van der Waals surface area contributed by atoms with Crippen molar-refractivity contribution in [1.29, 1.82) is 0 Å². The first-order valence-corrected chi connectivity index (χ1v) is 17.9. The third kappa shape index (κ3) is 4.31. The summed E-state index contributed by atoms with van der Waals surface area (Å²) >= 11 is 0. The van der Waals surface area contributed by atoms with E-state index in [2.05, 4.69) is 203 Å². The monoisotopic (exact) mass is 660 g/mol. The Hall–Kier alpha value is -6.90. The number of fused-ring (bicyclic) bond motifs is 11. The normalized spacial score (nSPS) is 11.8. The Balaban J connectivity index is 1.08. The van der Waals surface area contributed by atoms with E-state index in [1.54, 1.807) is 0 Å². The van der Waals surface area contributed by atoms with Gasteiger partial charge in [-0.2, -0.15) is 0 Å². The van der Waals surface area contributed by atoms with Gasteiger partial charge in [0.05, 0.1) is 16.6 Å². The van der Waals surface area contributed by atoms with Gasteiger partial charge in [0.1, 0.15) is 0 Å². The highest BCUT2D eigenvalue weighted by molar-refractivity contribution is 6.26. The number of aromatic nitrogens is 2. The molecule has 2 heteroatoms. The van der Waals surface area contributed by atoms with Crippen LogP contribution in [0.1, 0.15) is 0 Å². The molecule has 2 heterocycles. The first kappa shape index (κ1) is 28.9. The largest absolute Gasteiger partial charge is 0.317 e. The molecule has 242 valence electrons. The molecule has 0 bridgehead atoms. The van der Waals surface area contributed by atoms with Gasteiger partial charge < -0.3 is 9.13 Å². The fraction of sp³-hybridized carbons (Fsp3) is 0. The van der Waals surface area contributed by atoms with Crippen molar-refractivity contribution < 1.29 is 0 Å². The Kier molecular flexibility index (Phi) is 6.28. The number of para-hydroxylation sites is 2. The van der Waals surface area contributed by atoms with Crippen LogP contribution in [0.5, 0.6) is 0 Å². The van der Waals surface area contributed by atoms with E-state index < -0.39 is 0 Å². The lowest BCUT2D eigenvalue weighted by molar-refractivity contribution is 1.13. The lowest BCUT2D eigenvalue weighted by atomic mass is 9.90. The van der Waals surface area contributed by atoms with Gasteiger partial charge in [-0.1, -0.05) is 127 Å². The molecule has 0 saturated carbocycles. The molecule has 0 N–H and O–H groups in total. The molecule has 11 aromatic rings. The molecule has 0 aliphatic heterocycles. The lowest BCUT2D eigenvalue weighted by Crippen LogP contribution is -1.95. The minimum Gasteiger partial charge on any atom is -0.317 e. The molecule has 0 spiro atoms. The van der Waals surface area contributed by atoms with E-state index in [0.29, 0.717) is 0 Å². The first-order valence-electron chi connectivity index (χ1n) is 17.9. The molecule has 0 radical (unpaired) electrons. The van der Waals surface area contributed by atoms with Crippen molar-refractivity contribution in [2.24, 2.45) is 0 Å². The van der Waals surface area contributed by atoms with Crippen molar-refractivity contribution in [1.82, 2.24) is 9.13 Å². The van der Waals surface area contributed by atoms with Crippen LogP contribution in [0.15, 0.2) is 194 Å². The highest BCUT2D eigenvalue weighted by Gasteiger charge is 2.17. The van der Waals surface area contributed by atoms with Crippen LogP contribution >= 0.6 is 0 Å². The Bertz CT molecular complexity index is 3140. The van der Waals surface area contributed by atoms with E-state index in [0.717, 1.165) is 5.69 Å². The van der Waals surface area contributed by atoms with Gasteiger partial charge in [-0.25, -0.2) is 0 Å². The zero-order valence-corrected chi connectivity index (χ0v) is 28.4. The molecule has 0 unspecified atom stereocenters. The molecule has 0 saturated heterocycles. The van der Waals surface area contributed by atoms with E-state index in [1.807, 2.05) is 0 Å². The number of benzene rings is 9. The second-order valence-electron chi connectivity index (χ2n) is 13.7. The van der Waals surface area contributed by atoms with Gasteiger partial charge in [-0.05, 0) is 115 Å². The molecule has 9 aromatic carbocycles. The number of rotatable bonds is 4. The van der Waals surface area contributed by atoms with Gasteiger partial charge >= 0.3 is 0 Å². The maximum absolute atomic E-state index is 2.43. The van der Waals surface area contributed by atoms with E-state index in [-0.39, 0.29) is 0 Å². The van der Waals surface area contributed by atoms with Crippen LogP contribution in [-0.4, -0.2) is 9.13 Å². The van der Waals surface area contributed by atoms with E-state index in [4.69, 9.17) is 0 Å². The van der Waals surface area contributed by atoms with E-state index in [1.165, 1.54) is 93.0 Å². The maximum atomic E-state index is 2.43. The van der Waals surface area contributed by atoms with Crippen LogP contribution in [0.4, 0.5) is 0 Å². The number of hydrogen-bond acceptors (Lipinski definition) is 0. The average molecular weight is 661 g/mol. The van der Waals surface area contributed by atoms with Gasteiger partial charge in [0, 0.05) is 33.7 Å². The summed E-state index contributed by atoms with van der Waals surface area (Å²) < 4.78 is 4.72. The summed E-state index contributed by atoms with van der Waals surface area (Å²) in [7, 11) is 0. The van der Waals surface area contributed by atoms with Gasteiger partial charge in [0.2, 0.25) is 0 Å². The minimum atomic E-state index is 1.16. The topological polar surface area (TPSA) is 9.86 Å². The fourth-order valence-electron chi connectivity index (χ4n) is 8.55. The zero-order valence-electron chi connectivity index (χ0n) is 28.4. The predicted molar refractivity (Wildman–Crippen MR) is 221 cm³/mol. The molecule has 11 rings (SSSR count). The molecule has 0 atom stereocenters. The highest BCUT2D eigenvalue weighted by Crippen LogP contribution is 2.41. The third-order valence-electron chi connectivity index (χ3n) is 10.9. The molecule has 0 amide bonds. The van der Waals surface area contributed by atoms with Crippen LogP contribution in [0, 0.1) is 0 Å². The number of hydrogen-bond donors (Lipinski definition) is 0. The summed E-state index contributed by atoms with van der Waals surface area (Å²) in [5.41, 5.74) is 10.8.